The molecular formula is C14H21N3O2. The maximum absolute atomic E-state index is 11.3. The first-order chi connectivity index (χ1) is 9.22. The number of carbonyl (C=O) groups is 1. The average molecular weight is 263 g/mol. The van der Waals surface area contributed by atoms with Crippen molar-refractivity contribution in [2.24, 2.45) is 5.92 Å². The Bertz CT molecular complexity index is 448. The number of fused-ring (bicyclic) bond motifs is 1. The van der Waals surface area contributed by atoms with Crippen LogP contribution in [0.3, 0.4) is 0 Å². The summed E-state index contributed by atoms with van der Waals surface area (Å²) in [5, 5.41) is 9.40. The lowest BCUT2D eigenvalue weighted by Crippen LogP contribution is -2.26. The predicted octanol–water partition coefficient (Wildman–Crippen LogP) is 1.67. The Kier molecular flexibility index (Phi) is 4.63. The maximum Gasteiger partial charge on any atom is 0.262 e. The van der Waals surface area contributed by atoms with Gasteiger partial charge in [0.25, 0.3) is 5.91 Å². The summed E-state index contributed by atoms with van der Waals surface area (Å²) in [6.07, 6.45) is 1.12. The van der Waals surface area contributed by atoms with E-state index in [0.29, 0.717) is 5.92 Å². The maximum atomic E-state index is 11.3. The van der Waals surface area contributed by atoms with E-state index in [4.69, 9.17) is 4.74 Å². The van der Waals surface area contributed by atoms with E-state index in [1.54, 1.807) is 0 Å². The van der Waals surface area contributed by atoms with Crippen LogP contribution in [0.5, 0.6) is 5.75 Å². The number of ether oxygens (including phenoxy) is 1. The second kappa shape index (κ2) is 6.43. The van der Waals surface area contributed by atoms with Crippen LogP contribution in [0.15, 0.2) is 18.2 Å². The van der Waals surface area contributed by atoms with Crippen molar-refractivity contribution in [3.05, 3.63) is 18.2 Å². The first-order valence-corrected chi connectivity index (χ1v) is 6.68. The molecule has 0 radical (unpaired) electrons. The molecule has 0 fully saturated rings. The molecule has 0 saturated heterocycles. The molecule has 2 rings (SSSR count). The molecule has 5 nitrogen and oxygen atoms in total. The largest absolute Gasteiger partial charge is 0.482 e. The third-order valence-electron chi connectivity index (χ3n) is 3.28. The standard InChI is InChI=1S/C14H21N3O2/c1-3-10(7-15-2)8-16-11-4-5-13-12(6-11)17-14(18)9-19-13/h4-6,10,15-16H,3,7-9H2,1-2H3,(H,17,18). The highest BCUT2D eigenvalue weighted by Gasteiger charge is 2.16. The molecule has 5 heteroatoms. The number of rotatable bonds is 6. The van der Waals surface area contributed by atoms with Crippen molar-refractivity contribution in [1.82, 2.24) is 5.32 Å². The highest BCUT2D eigenvalue weighted by atomic mass is 16.5. The normalized spacial score (nSPS) is 15.2. The molecule has 0 saturated carbocycles. The smallest absolute Gasteiger partial charge is 0.262 e. The highest BCUT2D eigenvalue weighted by Crippen LogP contribution is 2.30. The minimum atomic E-state index is -0.105. The lowest BCUT2D eigenvalue weighted by Gasteiger charge is -2.20. The van der Waals surface area contributed by atoms with Gasteiger partial charge in [-0.3, -0.25) is 4.79 Å². The van der Waals surface area contributed by atoms with Crippen LogP contribution in [0.2, 0.25) is 0 Å². The summed E-state index contributed by atoms with van der Waals surface area (Å²) < 4.78 is 5.33. The molecule has 1 unspecified atom stereocenters. The van der Waals surface area contributed by atoms with Crippen LogP contribution in [0.25, 0.3) is 0 Å². The molecule has 0 aliphatic carbocycles. The summed E-state index contributed by atoms with van der Waals surface area (Å²) in [7, 11) is 1.97. The fourth-order valence-corrected chi connectivity index (χ4v) is 2.10. The molecule has 1 atom stereocenters. The number of benzene rings is 1. The van der Waals surface area contributed by atoms with Gasteiger partial charge in [0.05, 0.1) is 5.69 Å². The molecule has 0 spiro atoms. The monoisotopic (exact) mass is 263 g/mol. The van der Waals surface area contributed by atoms with Gasteiger partial charge in [-0.25, -0.2) is 0 Å². The summed E-state index contributed by atoms with van der Waals surface area (Å²) >= 11 is 0. The zero-order chi connectivity index (χ0) is 13.7. The third kappa shape index (κ3) is 3.61. The van der Waals surface area contributed by atoms with E-state index in [1.165, 1.54) is 0 Å². The Hall–Kier alpha value is -1.75. The minimum absolute atomic E-state index is 0.0971. The van der Waals surface area contributed by atoms with Crippen molar-refractivity contribution in [3.8, 4) is 5.75 Å². The third-order valence-corrected chi connectivity index (χ3v) is 3.28. The van der Waals surface area contributed by atoms with E-state index >= 15 is 0 Å². The fraction of sp³-hybridized carbons (Fsp3) is 0.500. The molecule has 1 aromatic carbocycles. The summed E-state index contributed by atoms with van der Waals surface area (Å²) in [6.45, 7) is 4.18. The summed E-state index contributed by atoms with van der Waals surface area (Å²) in [5.41, 5.74) is 1.74. The SMILES string of the molecule is CCC(CNC)CNc1ccc2c(c1)NC(=O)CO2. The van der Waals surface area contributed by atoms with Crippen LogP contribution in [0.4, 0.5) is 11.4 Å². The van der Waals surface area contributed by atoms with E-state index in [9.17, 15) is 4.79 Å². The van der Waals surface area contributed by atoms with E-state index < -0.39 is 0 Å². The second-order valence-electron chi connectivity index (χ2n) is 4.76. The number of carbonyl (C=O) groups excluding carboxylic acids is 1. The van der Waals surface area contributed by atoms with Gasteiger partial charge >= 0.3 is 0 Å². The molecule has 104 valence electrons. The van der Waals surface area contributed by atoms with Crippen molar-refractivity contribution in [2.45, 2.75) is 13.3 Å². The van der Waals surface area contributed by atoms with Crippen molar-refractivity contribution in [2.75, 3.05) is 37.4 Å². The molecule has 3 N–H and O–H groups in total. The molecule has 0 aromatic heterocycles. The number of amides is 1. The lowest BCUT2D eigenvalue weighted by atomic mass is 10.1. The van der Waals surface area contributed by atoms with Gasteiger partial charge in [-0.05, 0) is 37.7 Å². The van der Waals surface area contributed by atoms with Crippen molar-refractivity contribution in [1.29, 1.82) is 0 Å². The molecule has 1 aliphatic heterocycles. The van der Waals surface area contributed by atoms with Crippen molar-refractivity contribution in [3.63, 3.8) is 0 Å². The van der Waals surface area contributed by atoms with Crippen LogP contribution < -0.4 is 20.7 Å². The molecule has 1 aliphatic rings. The van der Waals surface area contributed by atoms with Crippen LogP contribution in [0.1, 0.15) is 13.3 Å². The Morgan fingerprint density at radius 3 is 3.00 bits per heavy atom. The second-order valence-corrected chi connectivity index (χ2v) is 4.76. The van der Waals surface area contributed by atoms with Crippen molar-refractivity contribution >= 4 is 17.3 Å². The van der Waals surface area contributed by atoms with Gasteiger partial charge in [-0.1, -0.05) is 13.3 Å². The van der Waals surface area contributed by atoms with Gasteiger partial charge in [0.2, 0.25) is 0 Å². The Labute approximate surface area is 113 Å². The van der Waals surface area contributed by atoms with Gasteiger partial charge in [0, 0.05) is 12.2 Å². The van der Waals surface area contributed by atoms with Crippen LogP contribution in [-0.2, 0) is 4.79 Å². The number of nitrogens with one attached hydrogen (secondary N) is 3. The number of anilines is 2. The topological polar surface area (TPSA) is 62.4 Å². The van der Waals surface area contributed by atoms with Gasteiger partial charge in [0.15, 0.2) is 6.61 Å². The van der Waals surface area contributed by atoms with Crippen LogP contribution in [-0.4, -0.2) is 32.7 Å². The van der Waals surface area contributed by atoms with Gasteiger partial charge in [0.1, 0.15) is 5.75 Å². The van der Waals surface area contributed by atoms with Crippen molar-refractivity contribution < 1.29 is 9.53 Å². The summed E-state index contributed by atoms with van der Waals surface area (Å²) in [4.78, 5) is 11.3. The van der Waals surface area contributed by atoms with Gasteiger partial charge in [-0.2, -0.15) is 0 Å². The quantitative estimate of drug-likeness (QED) is 0.730. The summed E-state index contributed by atoms with van der Waals surface area (Å²) in [5.74, 6) is 1.21. The van der Waals surface area contributed by atoms with Crippen LogP contribution in [0, 0.1) is 5.92 Å². The first-order valence-electron chi connectivity index (χ1n) is 6.68. The molecule has 1 aromatic rings. The highest BCUT2D eigenvalue weighted by molar-refractivity contribution is 5.95. The summed E-state index contributed by atoms with van der Waals surface area (Å²) in [6, 6.07) is 5.77. The molecular weight excluding hydrogens is 242 g/mol. The Morgan fingerprint density at radius 1 is 1.42 bits per heavy atom. The number of hydrogen-bond acceptors (Lipinski definition) is 4. The molecule has 19 heavy (non-hydrogen) atoms. The van der Waals surface area contributed by atoms with E-state index in [1.807, 2.05) is 25.2 Å². The van der Waals surface area contributed by atoms with E-state index in [0.717, 1.165) is 36.6 Å². The predicted molar refractivity (Wildman–Crippen MR) is 76.8 cm³/mol. The minimum Gasteiger partial charge on any atom is -0.482 e. The zero-order valence-electron chi connectivity index (χ0n) is 11.5. The fourth-order valence-electron chi connectivity index (χ4n) is 2.10. The lowest BCUT2D eigenvalue weighted by molar-refractivity contribution is -0.118. The van der Waals surface area contributed by atoms with Gasteiger partial charge < -0.3 is 20.7 Å². The van der Waals surface area contributed by atoms with E-state index in [2.05, 4.69) is 22.9 Å². The number of hydrogen-bond donors (Lipinski definition) is 3. The molecule has 0 bridgehead atoms. The average Bonchev–Trinajstić information content (AvgIpc) is 2.43. The Balaban J connectivity index is 1.98. The van der Waals surface area contributed by atoms with Gasteiger partial charge in [-0.15, -0.1) is 0 Å². The molecule has 1 amide bonds. The van der Waals surface area contributed by atoms with E-state index in [-0.39, 0.29) is 12.5 Å². The first kappa shape index (κ1) is 13.7. The molecule has 1 heterocycles. The zero-order valence-corrected chi connectivity index (χ0v) is 11.5. The van der Waals surface area contributed by atoms with Crippen LogP contribution >= 0.6 is 0 Å². The Morgan fingerprint density at radius 2 is 2.26 bits per heavy atom.